The number of carbonyl (C=O) groups excluding carboxylic acids is 1. The standard InChI is InChI=1S/C25H28N2O4/c1-16-5-10-21-23(11-16)27(15-25(29)26-13-17(2)31-18(3)14-26)22(12-24(21)28)19-6-8-20(30-4)9-7-19/h5-12,17-18H,13-15H2,1-4H3. The predicted octanol–water partition coefficient (Wildman–Crippen LogP) is 3.62. The fraction of sp³-hybridized carbons (Fsp3) is 0.360. The molecule has 1 aromatic heterocycles. The van der Waals surface area contributed by atoms with Gasteiger partial charge in [-0.25, -0.2) is 0 Å². The zero-order valence-corrected chi connectivity index (χ0v) is 18.4. The molecule has 1 aliphatic heterocycles. The lowest BCUT2D eigenvalue weighted by Gasteiger charge is -2.35. The van der Waals surface area contributed by atoms with E-state index in [0.717, 1.165) is 22.4 Å². The number of aromatic nitrogens is 1. The van der Waals surface area contributed by atoms with E-state index in [2.05, 4.69) is 0 Å². The Morgan fingerprint density at radius 3 is 2.39 bits per heavy atom. The number of fused-ring (bicyclic) bond motifs is 1. The lowest BCUT2D eigenvalue weighted by Crippen LogP contribution is -2.49. The van der Waals surface area contributed by atoms with Crippen LogP contribution in [0.25, 0.3) is 22.2 Å². The third-order valence-corrected chi connectivity index (χ3v) is 5.72. The van der Waals surface area contributed by atoms with Gasteiger partial charge in [-0.1, -0.05) is 6.07 Å². The molecule has 0 aliphatic carbocycles. The molecule has 0 radical (unpaired) electrons. The number of nitrogens with zero attached hydrogens (tertiary/aromatic N) is 2. The van der Waals surface area contributed by atoms with E-state index in [1.54, 1.807) is 13.2 Å². The van der Waals surface area contributed by atoms with Crippen molar-refractivity contribution in [1.29, 1.82) is 0 Å². The highest BCUT2D eigenvalue weighted by Gasteiger charge is 2.26. The summed E-state index contributed by atoms with van der Waals surface area (Å²) in [7, 11) is 1.62. The topological polar surface area (TPSA) is 60.8 Å². The van der Waals surface area contributed by atoms with E-state index in [-0.39, 0.29) is 30.1 Å². The SMILES string of the molecule is COc1ccc(-c2cc(=O)c3ccc(C)cc3n2CC(=O)N2CC(C)OC(C)C2)cc1. The van der Waals surface area contributed by atoms with Crippen LogP contribution in [0, 0.1) is 6.92 Å². The Morgan fingerprint density at radius 2 is 1.74 bits per heavy atom. The molecule has 1 fully saturated rings. The number of hydrogen-bond acceptors (Lipinski definition) is 4. The van der Waals surface area contributed by atoms with E-state index < -0.39 is 0 Å². The summed E-state index contributed by atoms with van der Waals surface area (Å²) in [5.41, 5.74) is 3.32. The second kappa shape index (κ2) is 8.55. The van der Waals surface area contributed by atoms with E-state index in [9.17, 15) is 9.59 Å². The molecule has 2 heterocycles. The maximum absolute atomic E-state index is 13.3. The Labute approximate surface area is 182 Å². The smallest absolute Gasteiger partial charge is 0.242 e. The number of benzene rings is 2. The Bertz CT molecular complexity index is 1160. The van der Waals surface area contributed by atoms with E-state index in [1.165, 1.54) is 0 Å². The van der Waals surface area contributed by atoms with Crippen LogP contribution in [0.4, 0.5) is 0 Å². The van der Waals surface area contributed by atoms with Crippen LogP contribution in [0.2, 0.25) is 0 Å². The molecule has 0 bridgehead atoms. The summed E-state index contributed by atoms with van der Waals surface area (Å²) >= 11 is 0. The molecule has 2 atom stereocenters. The Hall–Kier alpha value is -3.12. The molecule has 0 spiro atoms. The van der Waals surface area contributed by atoms with Crippen molar-refractivity contribution in [3.05, 3.63) is 64.3 Å². The Morgan fingerprint density at radius 1 is 1.06 bits per heavy atom. The van der Waals surface area contributed by atoms with Crippen molar-refractivity contribution < 1.29 is 14.3 Å². The van der Waals surface area contributed by atoms with Crippen LogP contribution < -0.4 is 10.2 Å². The summed E-state index contributed by atoms with van der Waals surface area (Å²) in [4.78, 5) is 28.0. The normalized spacial score (nSPS) is 18.9. The van der Waals surface area contributed by atoms with Crippen molar-refractivity contribution in [1.82, 2.24) is 9.47 Å². The Kier molecular flexibility index (Phi) is 5.83. The Balaban J connectivity index is 1.82. The van der Waals surface area contributed by atoms with E-state index in [4.69, 9.17) is 9.47 Å². The lowest BCUT2D eigenvalue weighted by molar-refractivity contribution is -0.143. The van der Waals surface area contributed by atoms with Gasteiger partial charge < -0.3 is 18.9 Å². The maximum Gasteiger partial charge on any atom is 0.242 e. The van der Waals surface area contributed by atoms with Crippen LogP contribution in [0.15, 0.2) is 53.3 Å². The molecule has 0 saturated carbocycles. The minimum absolute atomic E-state index is 0.00163. The van der Waals surface area contributed by atoms with Crippen molar-refractivity contribution in [2.75, 3.05) is 20.2 Å². The molecule has 2 unspecified atom stereocenters. The second-order valence-corrected chi connectivity index (χ2v) is 8.29. The van der Waals surface area contributed by atoms with E-state index in [1.807, 2.05) is 72.7 Å². The van der Waals surface area contributed by atoms with Crippen LogP contribution >= 0.6 is 0 Å². The van der Waals surface area contributed by atoms with Gasteiger partial charge in [-0.2, -0.15) is 0 Å². The molecular formula is C25H28N2O4. The van der Waals surface area contributed by atoms with E-state index in [0.29, 0.717) is 24.2 Å². The predicted molar refractivity (Wildman–Crippen MR) is 122 cm³/mol. The second-order valence-electron chi connectivity index (χ2n) is 8.29. The first-order valence-electron chi connectivity index (χ1n) is 10.6. The summed E-state index contributed by atoms with van der Waals surface area (Å²) in [6.07, 6.45) is 0.00327. The summed E-state index contributed by atoms with van der Waals surface area (Å²) in [5.74, 6) is 0.755. The largest absolute Gasteiger partial charge is 0.497 e. The van der Waals surface area contributed by atoms with Crippen molar-refractivity contribution in [2.45, 2.75) is 39.5 Å². The highest BCUT2D eigenvalue weighted by Crippen LogP contribution is 2.26. The molecule has 1 amide bonds. The first-order valence-corrected chi connectivity index (χ1v) is 10.6. The summed E-state index contributed by atoms with van der Waals surface area (Å²) in [6, 6.07) is 14.9. The number of morpholine rings is 1. The first kappa shape index (κ1) is 21.1. The zero-order valence-electron chi connectivity index (χ0n) is 18.4. The molecule has 162 valence electrons. The van der Waals surface area contributed by atoms with Gasteiger partial charge in [-0.05, 0) is 68.3 Å². The fourth-order valence-electron chi connectivity index (χ4n) is 4.27. The van der Waals surface area contributed by atoms with Gasteiger partial charge in [-0.15, -0.1) is 0 Å². The molecule has 1 saturated heterocycles. The molecule has 6 heteroatoms. The van der Waals surface area contributed by atoms with Gasteiger partial charge in [-0.3, -0.25) is 9.59 Å². The van der Waals surface area contributed by atoms with Crippen molar-refractivity contribution in [2.24, 2.45) is 0 Å². The number of carbonyl (C=O) groups is 1. The van der Waals surface area contributed by atoms with Gasteiger partial charge in [0.1, 0.15) is 12.3 Å². The number of methoxy groups -OCH3 is 1. The number of aryl methyl sites for hydroxylation is 1. The molecule has 2 aromatic carbocycles. The highest BCUT2D eigenvalue weighted by molar-refractivity contribution is 5.86. The third-order valence-electron chi connectivity index (χ3n) is 5.72. The average molecular weight is 421 g/mol. The number of rotatable bonds is 4. The summed E-state index contributed by atoms with van der Waals surface area (Å²) in [5, 5.41) is 0.611. The average Bonchev–Trinajstić information content (AvgIpc) is 2.74. The minimum atomic E-state index is -0.0573. The third kappa shape index (κ3) is 4.35. The van der Waals surface area contributed by atoms with Gasteiger partial charge >= 0.3 is 0 Å². The van der Waals surface area contributed by atoms with Crippen molar-refractivity contribution in [3.8, 4) is 17.0 Å². The van der Waals surface area contributed by atoms with Crippen LogP contribution in [-0.2, 0) is 16.1 Å². The molecule has 6 nitrogen and oxygen atoms in total. The summed E-state index contributed by atoms with van der Waals surface area (Å²) < 4.78 is 13.0. The molecular weight excluding hydrogens is 392 g/mol. The van der Waals surface area contributed by atoms with Crippen LogP contribution in [0.1, 0.15) is 19.4 Å². The quantitative estimate of drug-likeness (QED) is 0.647. The van der Waals surface area contributed by atoms with Gasteiger partial charge in [0.15, 0.2) is 5.43 Å². The molecule has 0 N–H and O–H groups in total. The molecule has 4 rings (SSSR count). The lowest BCUT2D eigenvalue weighted by atomic mass is 10.1. The number of amides is 1. The maximum atomic E-state index is 13.3. The fourth-order valence-corrected chi connectivity index (χ4v) is 4.27. The first-order chi connectivity index (χ1) is 14.9. The van der Waals surface area contributed by atoms with Crippen molar-refractivity contribution >= 4 is 16.8 Å². The number of pyridine rings is 1. The van der Waals surface area contributed by atoms with Gasteiger partial charge in [0, 0.05) is 24.5 Å². The van der Waals surface area contributed by atoms with Gasteiger partial charge in [0.05, 0.1) is 30.5 Å². The van der Waals surface area contributed by atoms with Crippen LogP contribution in [0.3, 0.4) is 0 Å². The van der Waals surface area contributed by atoms with Crippen LogP contribution in [-0.4, -0.2) is 47.8 Å². The molecule has 31 heavy (non-hydrogen) atoms. The monoisotopic (exact) mass is 420 g/mol. The van der Waals surface area contributed by atoms with Gasteiger partial charge in [0.2, 0.25) is 5.91 Å². The van der Waals surface area contributed by atoms with Crippen molar-refractivity contribution in [3.63, 3.8) is 0 Å². The number of hydrogen-bond donors (Lipinski definition) is 0. The van der Waals surface area contributed by atoms with Gasteiger partial charge in [0.25, 0.3) is 0 Å². The minimum Gasteiger partial charge on any atom is -0.497 e. The zero-order chi connectivity index (χ0) is 22.1. The van der Waals surface area contributed by atoms with Crippen LogP contribution in [0.5, 0.6) is 5.75 Å². The molecule has 1 aliphatic rings. The molecule has 3 aromatic rings. The highest BCUT2D eigenvalue weighted by atomic mass is 16.5. The number of ether oxygens (including phenoxy) is 2. The summed E-state index contributed by atoms with van der Waals surface area (Å²) in [6.45, 7) is 7.24. The van der Waals surface area contributed by atoms with E-state index >= 15 is 0 Å².